The van der Waals surface area contributed by atoms with E-state index in [4.69, 9.17) is 4.74 Å². The summed E-state index contributed by atoms with van der Waals surface area (Å²) in [6, 6.07) is 7.25. The van der Waals surface area contributed by atoms with E-state index in [1.54, 1.807) is 6.92 Å². The number of amides is 1. The topological polar surface area (TPSA) is 67.4 Å². The minimum absolute atomic E-state index is 0. The van der Waals surface area contributed by atoms with Crippen molar-refractivity contribution in [1.29, 1.82) is 0 Å². The van der Waals surface area contributed by atoms with E-state index in [-0.39, 0.29) is 42.7 Å². The van der Waals surface area contributed by atoms with E-state index in [1.165, 1.54) is 0 Å². The summed E-state index contributed by atoms with van der Waals surface area (Å²) in [5.74, 6) is -0.345. The van der Waals surface area contributed by atoms with Crippen LogP contribution in [0.25, 0.3) is 0 Å². The number of halogens is 2. The fourth-order valence-electron chi connectivity index (χ4n) is 2.50. The second-order valence-corrected chi connectivity index (χ2v) is 6.23. The second kappa shape index (κ2) is 9.90. The molecule has 0 aromatic heterocycles. The Labute approximate surface area is 151 Å². The molecule has 1 saturated heterocycles. The first kappa shape index (κ1) is 19.9. The molecule has 1 heterocycles. The summed E-state index contributed by atoms with van der Waals surface area (Å²) in [6.07, 6.45) is 0.972. The summed E-state index contributed by atoms with van der Waals surface area (Å²) < 4.78 is 5.97. The van der Waals surface area contributed by atoms with Crippen LogP contribution in [0.3, 0.4) is 0 Å². The van der Waals surface area contributed by atoms with E-state index in [0.29, 0.717) is 13.2 Å². The molecule has 0 radical (unpaired) electrons. The molecule has 7 heteroatoms. The number of ether oxygens (including phenoxy) is 1. The highest BCUT2D eigenvalue weighted by molar-refractivity contribution is 9.10. The van der Waals surface area contributed by atoms with Crippen molar-refractivity contribution in [3.05, 3.63) is 34.3 Å². The number of rotatable bonds is 6. The molecule has 1 fully saturated rings. The number of esters is 1. The van der Waals surface area contributed by atoms with Crippen LogP contribution >= 0.6 is 28.3 Å². The standard InChI is InChI=1S/C16H21BrN2O3.ClH/c1-2-22-15(20)9-14(11-3-5-13(17)6-4-11)19-16(21)12-7-8-18-10-12;/h3-6,12,14,18H,2,7-10H2,1H3,(H,19,21);1H. The Kier molecular flexibility index (Phi) is 8.58. The second-order valence-electron chi connectivity index (χ2n) is 5.31. The van der Waals surface area contributed by atoms with Crippen LogP contribution in [0.1, 0.15) is 31.4 Å². The fraction of sp³-hybridized carbons (Fsp3) is 0.500. The summed E-state index contributed by atoms with van der Waals surface area (Å²) in [4.78, 5) is 24.1. The lowest BCUT2D eigenvalue weighted by Crippen LogP contribution is -2.36. The molecule has 2 unspecified atom stereocenters. The van der Waals surface area contributed by atoms with E-state index in [0.717, 1.165) is 23.0 Å². The Balaban J connectivity index is 0.00000264. The Morgan fingerprint density at radius 3 is 2.65 bits per heavy atom. The van der Waals surface area contributed by atoms with Crippen molar-refractivity contribution >= 4 is 40.2 Å². The molecule has 1 aliphatic heterocycles. The lowest BCUT2D eigenvalue weighted by atomic mass is 10.0. The van der Waals surface area contributed by atoms with E-state index in [9.17, 15) is 9.59 Å². The SMILES string of the molecule is CCOC(=O)CC(NC(=O)C1CCNC1)c1ccc(Br)cc1.Cl. The third-order valence-electron chi connectivity index (χ3n) is 3.70. The van der Waals surface area contributed by atoms with Crippen LogP contribution < -0.4 is 10.6 Å². The van der Waals surface area contributed by atoms with Gasteiger partial charge in [-0.25, -0.2) is 0 Å². The molecule has 5 nitrogen and oxygen atoms in total. The number of carbonyl (C=O) groups excluding carboxylic acids is 2. The van der Waals surface area contributed by atoms with Gasteiger partial charge < -0.3 is 15.4 Å². The van der Waals surface area contributed by atoms with E-state index < -0.39 is 0 Å². The Morgan fingerprint density at radius 2 is 2.09 bits per heavy atom. The van der Waals surface area contributed by atoms with Gasteiger partial charge in [0.1, 0.15) is 0 Å². The zero-order chi connectivity index (χ0) is 15.9. The Morgan fingerprint density at radius 1 is 1.39 bits per heavy atom. The van der Waals surface area contributed by atoms with Crippen molar-refractivity contribution in [2.24, 2.45) is 5.92 Å². The van der Waals surface area contributed by atoms with Crippen LogP contribution in [0.4, 0.5) is 0 Å². The van der Waals surface area contributed by atoms with Gasteiger partial charge >= 0.3 is 5.97 Å². The van der Waals surface area contributed by atoms with Crippen LogP contribution in [0.2, 0.25) is 0 Å². The monoisotopic (exact) mass is 404 g/mol. The maximum atomic E-state index is 12.3. The number of nitrogens with one attached hydrogen (secondary N) is 2. The smallest absolute Gasteiger partial charge is 0.308 e. The molecule has 0 saturated carbocycles. The van der Waals surface area contributed by atoms with Gasteiger partial charge in [-0.05, 0) is 37.6 Å². The molecule has 23 heavy (non-hydrogen) atoms. The van der Waals surface area contributed by atoms with Crippen LogP contribution in [0.15, 0.2) is 28.7 Å². The van der Waals surface area contributed by atoms with Crippen LogP contribution in [0, 0.1) is 5.92 Å². The minimum Gasteiger partial charge on any atom is -0.466 e. The average molecular weight is 406 g/mol. The summed E-state index contributed by atoms with van der Waals surface area (Å²) in [6.45, 7) is 3.67. The van der Waals surface area contributed by atoms with Crippen molar-refractivity contribution in [1.82, 2.24) is 10.6 Å². The van der Waals surface area contributed by atoms with Gasteiger partial charge in [0.2, 0.25) is 5.91 Å². The van der Waals surface area contributed by atoms with Gasteiger partial charge in [0, 0.05) is 11.0 Å². The molecule has 1 aromatic rings. The van der Waals surface area contributed by atoms with Crippen LogP contribution in [0.5, 0.6) is 0 Å². The van der Waals surface area contributed by atoms with Crippen molar-refractivity contribution in [3.63, 3.8) is 0 Å². The highest BCUT2D eigenvalue weighted by atomic mass is 79.9. The summed E-state index contributed by atoms with van der Waals surface area (Å²) in [7, 11) is 0. The van der Waals surface area contributed by atoms with Crippen molar-refractivity contribution in [2.75, 3.05) is 19.7 Å². The predicted molar refractivity (Wildman–Crippen MR) is 94.5 cm³/mol. The maximum Gasteiger partial charge on any atom is 0.308 e. The molecular weight excluding hydrogens is 384 g/mol. The quantitative estimate of drug-likeness (QED) is 0.714. The highest BCUT2D eigenvalue weighted by Gasteiger charge is 2.26. The van der Waals surface area contributed by atoms with E-state index in [2.05, 4.69) is 26.6 Å². The van der Waals surface area contributed by atoms with Crippen LogP contribution in [-0.2, 0) is 14.3 Å². The molecule has 0 aliphatic carbocycles. The maximum absolute atomic E-state index is 12.3. The zero-order valence-corrected chi connectivity index (χ0v) is 15.4. The lowest BCUT2D eigenvalue weighted by molar-refractivity contribution is -0.143. The average Bonchev–Trinajstić information content (AvgIpc) is 3.02. The van der Waals surface area contributed by atoms with Crippen LogP contribution in [-0.4, -0.2) is 31.6 Å². The molecule has 0 bridgehead atoms. The Hall–Kier alpha value is -1.11. The van der Waals surface area contributed by atoms with Gasteiger partial charge in [-0.2, -0.15) is 0 Å². The van der Waals surface area contributed by atoms with Crippen molar-refractivity contribution < 1.29 is 14.3 Å². The molecule has 1 aliphatic rings. The van der Waals surface area contributed by atoms with Gasteiger partial charge in [0.15, 0.2) is 0 Å². The molecule has 2 atom stereocenters. The predicted octanol–water partition coefficient (Wildman–Crippen LogP) is 2.59. The fourth-order valence-corrected chi connectivity index (χ4v) is 2.77. The minimum atomic E-state index is -0.361. The van der Waals surface area contributed by atoms with Gasteiger partial charge in [0.05, 0.1) is 25.0 Å². The third-order valence-corrected chi connectivity index (χ3v) is 4.22. The summed E-state index contributed by atoms with van der Waals surface area (Å²) in [5, 5.41) is 6.17. The molecule has 128 valence electrons. The number of hydrogen-bond acceptors (Lipinski definition) is 4. The molecule has 2 N–H and O–H groups in total. The highest BCUT2D eigenvalue weighted by Crippen LogP contribution is 2.21. The normalized spacial score (nSPS) is 17.9. The zero-order valence-electron chi connectivity index (χ0n) is 13.0. The van der Waals surface area contributed by atoms with Gasteiger partial charge in [-0.1, -0.05) is 28.1 Å². The number of hydrogen-bond donors (Lipinski definition) is 2. The summed E-state index contributed by atoms with van der Waals surface area (Å²) in [5.41, 5.74) is 0.899. The van der Waals surface area contributed by atoms with Gasteiger partial charge in [-0.3, -0.25) is 9.59 Å². The third kappa shape index (κ3) is 6.12. The van der Waals surface area contributed by atoms with Crippen molar-refractivity contribution in [3.8, 4) is 0 Å². The molecule has 1 aromatic carbocycles. The van der Waals surface area contributed by atoms with Crippen molar-refractivity contribution in [2.45, 2.75) is 25.8 Å². The first-order chi connectivity index (χ1) is 10.6. The number of carbonyl (C=O) groups is 2. The number of benzene rings is 1. The van der Waals surface area contributed by atoms with E-state index >= 15 is 0 Å². The first-order valence-electron chi connectivity index (χ1n) is 7.52. The van der Waals surface area contributed by atoms with E-state index in [1.807, 2.05) is 24.3 Å². The van der Waals surface area contributed by atoms with Gasteiger partial charge in [-0.15, -0.1) is 12.4 Å². The lowest BCUT2D eigenvalue weighted by Gasteiger charge is -2.20. The summed E-state index contributed by atoms with van der Waals surface area (Å²) >= 11 is 3.39. The molecule has 0 spiro atoms. The first-order valence-corrected chi connectivity index (χ1v) is 8.31. The Bertz CT molecular complexity index is 519. The largest absolute Gasteiger partial charge is 0.466 e. The molecule has 2 rings (SSSR count). The molecular formula is C16H22BrClN2O3. The van der Waals surface area contributed by atoms with Gasteiger partial charge in [0.25, 0.3) is 0 Å². The molecule has 1 amide bonds.